The van der Waals surface area contributed by atoms with E-state index in [1.165, 1.54) is 32.1 Å². The fraction of sp³-hybridized carbons (Fsp3) is 0.462. The molecule has 0 radical (unpaired) electrons. The number of rotatable bonds is 5. The van der Waals surface area contributed by atoms with Gasteiger partial charge in [0.2, 0.25) is 0 Å². The summed E-state index contributed by atoms with van der Waals surface area (Å²) < 4.78 is 42.4. The summed E-state index contributed by atoms with van der Waals surface area (Å²) in [4.78, 5) is 0. The van der Waals surface area contributed by atoms with Gasteiger partial charge in [-0.25, -0.2) is 13.2 Å². The fourth-order valence-electron chi connectivity index (χ4n) is 5.05. The lowest BCUT2D eigenvalue weighted by Gasteiger charge is -2.29. The first kappa shape index (κ1) is 20.3. The van der Waals surface area contributed by atoms with Gasteiger partial charge in [-0.05, 0) is 84.8 Å². The standard InChI is InChI=1S/C26H29F3/c1-2-3-4-17-5-7-18(8-6-17)19-9-12-22(25(28)16-19)20-10-13-23-21(15-20)11-14-24(27)26(23)29/h9-12,14,16-18H,2-8,13,15H2,1H3. The van der Waals surface area contributed by atoms with Gasteiger partial charge in [-0.2, -0.15) is 0 Å². The Morgan fingerprint density at radius 3 is 2.45 bits per heavy atom. The second-order valence-electron chi connectivity index (χ2n) is 8.71. The van der Waals surface area contributed by atoms with Crippen molar-refractivity contribution in [3.05, 3.63) is 76.1 Å². The van der Waals surface area contributed by atoms with E-state index in [0.717, 1.165) is 41.5 Å². The summed E-state index contributed by atoms with van der Waals surface area (Å²) in [5.41, 5.74) is 3.68. The lowest BCUT2D eigenvalue weighted by atomic mass is 9.76. The number of hydrogen-bond acceptors (Lipinski definition) is 0. The molecule has 0 spiro atoms. The molecule has 0 N–H and O–H groups in total. The van der Waals surface area contributed by atoms with Crippen LogP contribution in [0, 0.1) is 23.4 Å². The number of hydrogen-bond donors (Lipinski definition) is 0. The third-order valence-electron chi connectivity index (χ3n) is 6.85. The molecule has 154 valence electrons. The average molecular weight is 399 g/mol. The van der Waals surface area contributed by atoms with Gasteiger partial charge in [0.1, 0.15) is 5.82 Å². The van der Waals surface area contributed by atoms with Crippen molar-refractivity contribution in [3.63, 3.8) is 0 Å². The van der Waals surface area contributed by atoms with Crippen LogP contribution < -0.4 is 0 Å². The molecule has 2 aromatic rings. The van der Waals surface area contributed by atoms with Gasteiger partial charge in [0.15, 0.2) is 11.6 Å². The van der Waals surface area contributed by atoms with E-state index in [-0.39, 0.29) is 5.82 Å². The molecule has 0 unspecified atom stereocenters. The lowest BCUT2D eigenvalue weighted by molar-refractivity contribution is 0.304. The molecular formula is C26H29F3. The zero-order chi connectivity index (χ0) is 20.4. The zero-order valence-electron chi connectivity index (χ0n) is 17.1. The minimum Gasteiger partial charge on any atom is -0.206 e. The predicted molar refractivity (Wildman–Crippen MR) is 112 cm³/mol. The largest absolute Gasteiger partial charge is 0.206 e. The highest BCUT2D eigenvalue weighted by Crippen LogP contribution is 2.39. The van der Waals surface area contributed by atoms with Crippen molar-refractivity contribution in [3.8, 4) is 0 Å². The average Bonchev–Trinajstić information content (AvgIpc) is 2.75. The van der Waals surface area contributed by atoms with E-state index >= 15 is 0 Å². The summed E-state index contributed by atoms with van der Waals surface area (Å²) >= 11 is 0. The quantitative estimate of drug-likeness (QED) is 0.483. The van der Waals surface area contributed by atoms with E-state index in [1.807, 2.05) is 12.1 Å². The van der Waals surface area contributed by atoms with Crippen molar-refractivity contribution in [1.82, 2.24) is 0 Å². The summed E-state index contributed by atoms with van der Waals surface area (Å²) in [6.45, 7) is 2.24. The monoisotopic (exact) mass is 398 g/mol. The van der Waals surface area contributed by atoms with Crippen molar-refractivity contribution in [2.45, 2.75) is 70.6 Å². The molecule has 0 bridgehead atoms. The molecule has 0 saturated heterocycles. The van der Waals surface area contributed by atoms with Crippen LogP contribution in [0.3, 0.4) is 0 Å². The minimum absolute atomic E-state index is 0.201. The summed E-state index contributed by atoms with van der Waals surface area (Å²) in [7, 11) is 0. The van der Waals surface area contributed by atoms with Gasteiger partial charge in [0.05, 0.1) is 0 Å². The van der Waals surface area contributed by atoms with E-state index in [9.17, 15) is 13.2 Å². The first-order valence-corrected chi connectivity index (χ1v) is 11.0. The maximum Gasteiger partial charge on any atom is 0.162 e. The number of halogens is 3. The highest BCUT2D eigenvalue weighted by Gasteiger charge is 2.24. The summed E-state index contributed by atoms with van der Waals surface area (Å²) in [5.74, 6) is -0.501. The molecule has 4 rings (SSSR count). The van der Waals surface area contributed by atoms with Crippen LogP contribution in [-0.4, -0.2) is 0 Å². The van der Waals surface area contributed by atoms with Gasteiger partial charge in [-0.3, -0.25) is 0 Å². The van der Waals surface area contributed by atoms with Crippen LogP contribution in [-0.2, 0) is 12.8 Å². The van der Waals surface area contributed by atoms with Gasteiger partial charge in [-0.1, -0.05) is 50.5 Å². The van der Waals surface area contributed by atoms with E-state index in [0.29, 0.717) is 29.9 Å². The third kappa shape index (κ3) is 4.29. The second kappa shape index (κ2) is 8.77. The van der Waals surface area contributed by atoms with Crippen molar-refractivity contribution in [2.75, 3.05) is 0 Å². The van der Waals surface area contributed by atoms with Gasteiger partial charge < -0.3 is 0 Å². The highest BCUT2D eigenvalue weighted by atomic mass is 19.2. The highest BCUT2D eigenvalue weighted by molar-refractivity contribution is 5.71. The first-order valence-electron chi connectivity index (χ1n) is 11.0. The summed E-state index contributed by atoms with van der Waals surface area (Å²) in [6, 6.07) is 8.42. The van der Waals surface area contributed by atoms with Crippen LogP contribution in [0.25, 0.3) is 5.57 Å². The van der Waals surface area contributed by atoms with Crippen molar-refractivity contribution in [2.24, 2.45) is 5.92 Å². The van der Waals surface area contributed by atoms with E-state index in [4.69, 9.17) is 0 Å². The van der Waals surface area contributed by atoms with Crippen molar-refractivity contribution < 1.29 is 13.2 Å². The molecule has 0 aromatic heterocycles. The fourth-order valence-corrected chi connectivity index (χ4v) is 5.05. The topological polar surface area (TPSA) is 0 Å². The smallest absolute Gasteiger partial charge is 0.162 e. The van der Waals surface area contributed by atoms with Gasteiger partial charge >= 0.3 is 0 Å². The number of benzene rings is 2. The molecule has 1 fully saturated rings. The maximum absolute atomic E-state index is 15.0. The Kier molecular flexibility index (Phi) is 6.12. The van der Waals surface area contributed by atoms with Gasteiger partial charge in [0, 0.05) is 5.56 Å². The van der Waals surface area contributed by atoms with E-state index in [1.54, 1.807) is 12.1 Å². The van der Waals surface area contributed by atoms with Crippen LogP contribution in [0.1, 0.15) is 80.0 Å². The van der Waals surface area contributed by atoms with Crippen LogP contribution in [0.2, 0.25) is 0 Å². The molecule has 0 atom stereocenters. The second-order valence-corrected chi connectivity index (χ2v) is 8.71. The summed E-state index contributed by atoms with van der Waals surface area (Å²) in [5, 5.41) is 0. The SMILES string of the molecule is CCCCC1CCC(c2ccc(C3=CCc4c(ccc(F)c4F)C3)c(F)c2)CC1. The molecule has 0 nitrogen and oxygen atoms in total. The zero-order valence-corrected chi connectivity index (χ0v) is 17.1. The molecule has 2 aromatic carbocycles. The Labute approximate surface area is 171 Å². The van der Waals surface area contributed by atoms with E-state index < -0.39 is 11.6 Å². The van der Waals surface area contributed by atoms with Crippen LogP contribution in [0.15, 0.2) is 36.4 Å². The molecule has 0 aliphatic heterocycles. The number of allylic oxidation sites excluding steroid dienone is 2. The van der Waals surface area contributed by atoms with Crippen molar-refractivity contribution in [1.29, 1.82) is 0 Å². The molecule has 3 heteroatoms. The molecule has 0 heterocycles. The Morgan fingerprint density at radius 2 is 1.72 bits per heavy atom. The maximum atomic E-state index is 15.0. The lowest BCUT2D eigenvalue weighted by Crippen LogP contribution is -2.14. The Balaban J connectivity index is 1.46. The molecule has 1 saturated carbocycles. The Hall–Kier alpha value is -2.03. The Bertz CT molecular complexity index is 904. The minimum atomic E-state index is -0.819. The van der Waals surface area contributed by atoms with Crippen LogP contribution >= 0.6 is 0 Å². The van der Waals surface area contributed by atoms with Gasteiger partial charge in [-0.15, -0.1) is 0 Å². The normalized spacial score (nSPS) is 21.6. The molecular weight excluding hydrogens is 369 g/mol. The van der Waals surface area contributed by atoms with E-state index in [2.05, 4.69) is 13.0 Å². The van der Waals surface area contributed by atoms with Gasteiger partial charge in [0.25, 0.3) is 0 Å². The molecule has 2 aliphatic rings. The molecule has 2 aliphatic carbocycles. The number of unbranched alkanes of at least 4 members (excludes halogenated alkanes) is 1. The number of fused-ring (bicyclic) bond motifs is 1. The first-order chi connectivity index (χ1) is 14.1. The molecule has 29 heavy (non-hydrogen) atoms. The van der Waals surface area contributed by atoms with Crippen molar-refractivity contribution >= 4 is 5.57 Å². The third-order valence-corrected chi connectivity index (χ3v) is 6.85. The predicted octanol–water partition coefficient (Wildman–Crippen LogP) is 7.75. The van der Waals surface area contributed by atoms with Crippen LogP contribution in [0.4, 0.5) is 13.2 Å². The summed E-state index contributed by atoms with van der Waals surface area (Å²) in [6.07, 6.45) is 11.3. The Morgan fingerprint density at radius 1 is 0.931 bits per heavy atom. The molecule has 0 amide bonds. The van der Waals surface area contributed by atoms with Crippen LogP contribution in [0.5, 0.6) is 0 Å².